The molecule has 0 spiro atoms. The predicted molar refractivity (Wildman–Crippen MR) is 87.2 cm³/mol. The van der Waals surface area contributed by atoms with E-state index in [-0.39, 0.29) is 24.0 Å². The molecule has 1 amide bonds. The number of nitrogens with zero attached hydrogens (tertiary/aromatic N) is 1. The molecule has 1 N–H and O–H groups in total. The van der Waals surface area contributed by atoms with Crippen molar-refractivity contribution in [3.63, 3.8) is 0 Å². The maximum absolute atomic E-state index is 12.0. The SMILES string of the molecule is O=C(C[C@@H]1C=CS(=O)(=O)C1)Nc1cc(-c2ccccc2)ns1. The fourth-order valence-electron chi connectivity index (χ4n) is 2.27. The highest BCUT2D eigenvalue weighted by molar-refractivity contribution is 7.94. The van der Waals surface area contributed by atoms with E-state index in [1.54, 1.807) is 6.08 Å². The van der Waals surface area contributed by atoms with Crippen LogP contribution < -0.4 is 5.32 Å². The third kappa shape index (κ3) is 3.61. The number of amides is 1. The number of nitrogens with one attached hydrogen (secondary N) is 1. The second kappa shape index (κ2) is 6.02. The number of carbonyl (C=O) groups excluding carboxylic acids is 1. The molecule has 5 nitrogen and oxygen atoms in total. The van der Waals surface area contributed by atoms with Crippen LogP contribution in [0.5, 0.6) is 0 Å². The molecule has 3 rings (SSSR count). The van der Waals surface area contributed by atoms with Crippen molar-refractivity contribution in [2.24, 2.45) is 5.92 Å². The standard InChI is InChI=1S/C15H14N2O3S2/c18-14(8-11-6-7-22(19,20)10-11)16-15-9-13(17-21-15)12-4-2-1-3-5-12/h1-7,9,11H,8,10H2,(H,16,18)/t11-/m0/s1. The van der Waals surface area contributed by atoms with E-state index in [4.69, 9.17) is 0 Å². The van der Waals surface area contributed by atoms with Gasteiger partial charge in [-0.05, 0) is 11.5 Å². The molecule has 2 aromatic rings. The van der Waals surface area contributed by atoms with Crippen LogP contribution in [-0.2, 0) is 14.6 Å². The molecule has 0 unspecified atom stereocenters. The van der Waals surface area contributed by atoms with Gasteiger partial charge < -0.3 is 5.32 Å². The van der Waals surface area contributed by atoms with Crippen molar-refractivity contribution in [1.82, 2.24) is 4.37 Å². The van der Waals surface area contributed by atoms with Crippen molar-refractivity contribution >= 4 is 32.3 Å². The number of rotatable bonds is 4. The Bertz CT molecular complexity index is 810. The average Bonchev–Trinajstić information content (AvgIpc) is 3.06. The van der Waals surface area contributed by atoms with Gasteiger partial charge in [-0.25, -0.2) is 8.42 Å². The first-order valence-corrected chi connectivity index (χ1v) is 9.24. The fraction of sp³-hybridized carbons (Fsp3) is 0.200. The quantitative estimate of drug-likeness (QED) is 0.933. The lowest BCUT2D eigenvalue weighted by molar-refractivity contribution is -0.116. The number of aromatic nitrogens is 1. The van der Waals surface area contributed by atoms with E-state index in [0.29, 0.717) is 5.00 Å². The summed E-state index contributed by atoms with van der Waals surface area (Å²) in [5, 5.41) is 4.62. The van der Waals surface area contributed by atoms with Crippen LogP contribution in [0.4, 0.5) is 5.00 Å². The van der Waals surface area contributed by atoms with Crippen molar-refractivity contribution in [2.45, 2.75) is 6.42 Å². The molecule has 1 aromatic carbocycles. The molecule has 1 atom stereocenters. The smallest absolute Gasteiger partial charge is 0.225 e. The number of anilines is 1. The lowest BCUT2D eigenvalue weighted by atomic mass is 10.1. The van der Waals surface area contributed by atoms with Crippen molar-refractivity contribution in [1.29, 1.82) is 0 Å². The van der Waals surface area contributed by atoms with Crippen LogP contribution in [0, 0.1) is 5.92 Å². The van der Waals surface area contributed by atoms with Gasteiger partial charge in [-0.15, -0.1) is 0 Å². The molecule has 1 aliphatic heterocycles. The third-order valence-electron chi connectivity index (χ3n) is 3.29. The molecular weight excluding hydrogens is 320 g/mol. The topological polar surface area (TPSA) is 76.1 Å². The van der Waals surface area contributed by atoms with Crippen LogP contribution in [-0.4, -0.2) is 24.5 Å². The second-order valence-corrected chi connectivity index (χ2v) is 7.85. The highest BCUT2D eigenvalue weighted by atomic mass is 32.2. The molecule has 0 aliphatic carbocycles. The average molecular weight is 334 g/mol. The maximum Gasteiger partial charge on any atom is 0.225 e. The largest absolute Gasteiger partial charge is 0.316 e. The zero-order valence-corrected chi connectivity index (χ0v) is 13.2. The Balaban J connectivity index is 1.61. The Labute approximate surface area is 132 Å². The first-order chi connectivity index (χ1) is 10.5. The summed E-state index contributed by atoms with van der Waals surface area (Å²) in [6.07, 6.45) is 1.74. The minimum absolute atomic E-state index is 0.0123. The highest BCUT2D eigenvalue weighted by Crippen LogP contribution is 2.26. The zero-order valence-electron chi connectivity index (χ0n) is 11.6. The summed E-state index contributed by atoms with van der Waals surface area (Å²) in [6, 6.07) is 11.5. The summed E-state index contributed by atoms with van der Waals surface area (Å²) in [5.41, 5.74) is 1.80. The molecule has 0 fully saturated rings. The Hall–Kier alpha value is -1.99. The predicted octanol–water partition coefficient (Wildman–Crippen LogP) is 2.70. The van der Waals surface area contributed by atoms with Crippen LogP contribution in [0.1, 0.15) is 6.42 Å². The number of benzene rings is 1. The Kier molecular flexibility index (Phi) is 4.08. The summed E-state index contributed by atoms with van der Waals surface area (Å²) < 4.78 is 26.9. The van der Waals surface area contributed by atoms with Crippen molar-refractivity contribution in [2.75, 3.05) is 11.1 Å². The van der Waals surface area contributed by atoms with Crippen molar-refractivity contribution < 1.29 is 13.2 Å². The van der Waals surface area contributed by atoms with E-state index in [2.05, 4.69) is 9.69 Å². The molecule has 114 valence electrons. The number of allylic oxidation sites excluding steroid dienone is 1. The third-order valence-corrected chi connectivity index (χ3v) is 5.46. The number of hydrogen-bond donors (Lipinski definition) is 1. The molecular formula is C15H14N2O3S2. The van der Waals surface area contributed by atoms with Crippen LogP contribution in [0.3, 0.4) is 0 Å². The molecule has 0 radical (unpaired) electrons. The number of hydrogen-bond acceptors (Lipinski definition) is 5. The highest BCUT2D eigenvalue weighted by Gasteiger charge is 2.24. The zero-order chi connectivity index (χ0) is 15.6. The Morgan fingerprint density at radius 3 is 2.77 bits per heavy atom. The summed E-state index contributed by atoms with van der Waals surface area (Å²) in [4.78, 5) is 12.0. The molecule has 0 saturated heterocycles. The summed E-state index contributed by atoms with van der Waals surface area (Å²) in [5.74, 6) is -0.431. The first kappa shape index (κ1) is 14.9. The lowest BCUT2D eigenvalue weighted by Crippen LogP contribution is -2.17. The summed E-state index contributed by atoms with van der Waals surface area (Å²) in [6.45, 7) is 0. The molecule has 0 saturated carbocycles. The van der Waals surface area contributed by atoms with Gasteiger partial charge in [0.15, 0.2) is 9.84 Å². The monoisotopic (exact) mass is 334 g/mol. The normalized spacial score (nSPS) is 19.2. The van der Waals surface area contributed by atoms with Gasteiger partial charge in [-0.1, -0.05) is 36.4 Å². The van der Waals surface area contributed by atoms with Crippen molar-refractivity contribution in [3.05, 3.63) is 47.9 Å². The molecule has 22 heavy (non-hydrogen) atoms. The van der Waals surface area contributed by atoms with Gasteiger partial charge in [0.05, 0.1) is 11.4 Å². The van der Waals surface area contributed by atoms with Gasteiger partial charge in [-0.3, -0.25) is 4.79 Å². The van der Waals surface area contributed by atoms with E-state index in [0.717, 1.165) is 11.3 Å². The van der Waals surface area contributed by atoms with E-state index < -0.39 is 9.84 Å². The van der Waals surface area contributed by atoms with Gasteiger partial charge in [0, 0.05) is 29.4 Å². The molecule has 7 heteroatoms. The van der Waals surface area contributed by atoms with E-state index in [1.807, 2.05) is 36.4 Å². The van der Waals surface area contributed by atoms with Gasteiger partial charge in [-0.2, -0.15) is 4.37 Å². The summed E-state index contributed by atoms with van der Waals surface area (Å²) in [7, 11) is -3.12. The summed E-state index contributed by atoms with van der Waals surface area (Å²) >= 11 is 1.21. The van der Waals surface area contributed by atoms with Crippen LogP contribution in [0.2, 0.25) is 0 Å². The Morgan fingerprint density at radius 1 is 1.32 bits per heavy atom. The molecule has 0 bridgehead atoms. The van der Waals surface area contributed by atoms with E-state index in [9.17, 15) is 13.2 Å². The molecule has 1 aromatic heterocycles. The lowest BCUT2D eigenvalue weighted by Gasteiger charge is -2.05. The van der Waals surface area contributed by atoms with E-state index >= 15 is 0 Å². The number of carbonyl (C=O) groups is 1. The van der Waals surface area contributed by atoms with Gasteiger partial charge >= 0.3 is 0 Å². The van der Waals surface area contributed by atoms with Gasteiger partial charge in [0.2, 0.25) is 5.91 Å². The van der Waals surface area contributed by atoms with Gasteiger partial charge in [0.25, 0.3) is 0 Å². The fourth-order valence-corrected chi connectivity index (χ4v) is 4.35. The van der Waals surface area contributed by atoms with Crippen molar-refractivity contribution in [3.8, 4) is 11.3 Å². The van der Waals surface area contributed by atoms with Crippen LogP contribution >= 0.6 is 11.5 Å². The minimum atomic E-state index is -3.12. The maximum atomic E-state index is 12.0. The minimum Gasteiger partial charge on any atom is -0.316 e. The number of sulfone groups is 1. The molecule has 1 aliphatic rings. The molecule has 2 heterocycles. The van der Waals surface area contributed by atoms with Crippen LogP contribution in [0.25, 0.3) is 11.3 Å². The van der Waals surface area contributed by atoms with Gasteiger partial charge in [0.1, 0.15) is 5.00 Å². The van der Waals surface area contributed by atoms with E-state index in [1.165, 1.54) is 16.9 Å². The van der Waals surface area contributed by atoms with Crippen LogP contribution in [0.15, 0.2) is 47.9 Å². The Morgan fingerprint density at radius 2 is 2.09 bits per heavy atom. The second-order valence-electron chi connectivity index (χ2n) is 5.11. The first-order valence-electron chi connectivity index (χ1n) is 6.75.